The number of aliphatic carboxylic acids is 1. The molecule has 1 aromatic carbocycles. The zero-order valence-corrected chi connectivity index (χ0v) is 7.11. The summed E-state index contributed by atoms with van der Waals surface area (Å²) >= 11 is 0. The van der Waals surface area contributed by atoms with Crippen molar-refractivity contribution >= 4 is 17.1 Å². The van der Waals surface area contributed by atoms with Gasteiger partial charge < -0.3 is 9.52 Å². The molecule has 14 heavy (non-hydrogen) atoms. The number of carboxylic acids is 1. The minimum atomic E-state index is -0.945. The number of aromatic amines is 1. The number of carboxylic acid groups (broad SMARTS) is 1. The maximum Gasteiger partial charge on any atom is 0.417 e. The molecule has 2 aromatic rings. The maximum atomic E-state index is 10.9. The lowest BCUT2D eigenvalue weighted by atomic mass is 10.1. The number of hydrogen-bond donors (Lipinski definition) is 2. The van der Waals surface area contributed by atoms with Crippen molar-refractivity contribution in [3.05, 3.63) is 34.3 Å². The second kappa shape index (κ2) is 3.02. The Bertz CT molecular complexity index is 537. The van der Waals surface area contributed by atoms with Crippen molar-refractivity contribution in [1.82, 2.24) is 4.98 Å². The van der Waals surface area contributed by atoms with Crippen molar-refractivity contribution in [1.29, 1.82) is 0 Å². The van der Waals surface area contributed by atoms with Crippen LogP contribution in [0.1, 0.15) is 5.56 Å². The van der Waals surface area contributed by atoms with Gasteiger partial charge in [-0.15, -0.1) is 0 Å². The Morgan fingerprint density at radius 1 is 1.50 bits per heavy atom. The summed E-state index contributed by atoms with van der Waals surface area (Å²) in [6.45, 7) is 0. The van der Waals surface area contributed by atoms with E-state index in [-0.39, 0.29) is 6.42 Å². The minimum absolute atomic E-state index is 0.132. The van der Waals surface area contributed by atoms with Gasteiger partial charge in [0.25, 0.3) is 0 Å². The third kappa shape index (κ3) is 1.39. The van der Waals surface area contributed by atoms with E-state index in [0.29, 0.717) is 16.7 Å². The number of rotatable bonds is 2. The van der Waals surface area contributed by atoms with Gasteiger partial charge in [-0.1, -0.05) is 12.1 Å². The van der Waals surface area contributed by atoms with Crippen LogP contribution in [0.4, 0.5) is 0 Å². The largest absolute Gasteiger partial charge is 0.481 e. The van der Waals surface area contributed by atoms with Gasteiger partial charge in [0, 0.05) is 0 Å². The molecule has 1 heterocycles. The van der Waals surface area contributed by atoms with Gasteiger partial charge in [0.05, 0.1) is 11.9 Å². The highest BCUT2D eigenvalue weighted by atomic mass is 16.4. The molecule has 0 unspecified atom stereocenters. The number of benzene rings is 1. The number of carbonyl (C=O) groups is 1. The van der Waals surface area contributed by atoms with E-state index in [2.05, 4.69) is 4.98 Å². The molecule has 1 aromatic heterocycles. The zero-order chi connectivity index (χ0) is 10.1. The van der Waals surface area contributed by atoms with Crippen molar-refractivity contribution in [3.63, 3.8) is 0 Å². The molecule has 5 heteroatoms. The van der Waals surface area contributed by atoms with Gasteiger partial charge in [-0.05, 0) is 11.6 Å². The molecule has 0 aliphatic carbocycles. The van der Waals surface area contributed by atoms with Crippen molar-refractivity contribution in [2.24, 2.45) is 0 Å². The highest BCUT2D eigenvalue weighted by molar-refractivity contribution is 5.81. The summed E-state index contributed by atoms with van der Waals surface area (Å²) in [5, 5.41) is 8.61. The van der Waals surface area contributed by atoms with Gasteiger partial charge in [-0.3, -0.25) is 9.78 Å². The van der Waals surface area contributed by atoms with Gasteiger partial charge >= 0.3 is 11.7 Å². The Balaban J connectivity index is 2.64. The first-order valence-electron chi connectivity index (χ1n) is 3.99. The van der Waals surface area contributed by atoms with E-state index in [1.54, 1.807) is 18.2 Å². The number of para-hydroxylation sites is 1. The molecule has 72 valence electrons. The molecular formula is C9H7NO4. The highest BCUT2D eigenvalue weighted by Gasteiger charge is 2.08. The molecule has 2 N–H and O–H groups in total. The van der Waals surface area contributed by atoms with Crippen molar-refractivity contribution in [2.75, 3.05) is 0 Å². The lowest BCUT2D eigenvalue weighted by molar-refractivity contribution is -0.136. The van der Waals surface area contributed by atoms with Crippen molar-refractivity contribution in [3.8, 4) is 0 Å². The summed E-state index contributed by atoms with van der Waals surface area (Å²) in [5.74, 6) is -1.52. The summed E-state index contributed by atoms with van der Waals surface area (Å²) in [6, 6.07) is 4.90. The van der Waals surface area contributed by atoms with Crippen LogP contribution in [-0.4, -0.2) is 16.1 Å². The van der Waals surface area contributed by atoms with Gasteiger partial charge in [0.15, 0.2) is 5.58 Å². The first-order valence-corrected chi connectivity index (χ1v) is 3.99. The number of nitrogens with one attached hydrogen (secondary N) is 1. The Morgan fingerprint density at radius 3 is 3.00 bits per heavy atom. The second-order valence-electron chi connectivity index (χ2n) is 2.88. The predicted molar refractivity (Wildman–Crippen MR) is 48.2 cm³/mol. The summed E-state index contributed by atoms with van der Waals surface area (Å²) in [4.78, 5) is 23.8. The first kappa shape index (κ1) is 8.55. The van der Waals surface area contributed by atoms with E-state index in [1.807, 2.05) is 0 Å². The minimum Gasteiger partial charge on any atom is -0.481 e. The van der Waals surface area contributed by atoms with Crippen molar-refractivity contribution < 1.29 is 14.3 Å². The second-order valence-corrected chi connectivity index (χ2v) is 2.88. The van der Waals surface area contributed by atoms with E-state index < -0.39 is 11.7 Å². The molecule has 0 bridgehead atoms. The molecule has 0 spiro atoms. The number of aromatic nitrogens is 1. The lowest BCUT2D eigenvalue weighted by Gasteiger charge is -1.96. The van der Waals surface area contributed by atoms with Crippen LogP contribution in [0.3, 0.4) is 0 Å². The summed E-state index contributed by atoms with van der Waals surface area (Å²) < 4.78 is 4.79. The monoisotopic (exact) mass is 193 g/mol. The SMILES string of the molecule is O=C(O)Cc1cccc2oc(=O)[nH]c12. The smallest absolute Gasteiger partial charge is 0.417 e. The fourth-order valence-electron chi connectivity index (χ4n) is 1.34. The van der Waals surface area contributed by atoms with Crippen LogP contribution < -0.4 is 5.76 Å². The molecule has 0 saturated carbocycles. The molecule has 2 rings (SSSR count). The van der Waals surface area contributed by atoms with Crippen LogP contribution in [0.15, 0.2) is 27.4 Å². The molecule has 0 aliphatic heterocycles. The standard InChI is InChI=1S/C9H7NO4/c11-7(12)4-5-2-1-3-6-8(5)10-9(13)14-6/h1-3H,4H2,(H,10,13)(H,11,12). The molecule has 0 radical (unpaired) electrons. The summed E-state index contributed by atoms with van der Waals surface area (Å²) in [6.07, 6.45) is -0.132. The summed E-state index contributed by atoms with van der Waals surface area (Å²) in [7, 11) is 0. The Morgan fingerprint density at radius 2 is 2.29 bits per heavy atom. The molecule has 0 aliphatic rings. The predicted octanol–water partition coefficient (Wildman–Crippen LogP) is 0.748. The molecule has 0 saturated heterocycles. The average Bonchev–Trinajstić information content (AvgIpc) is 2.45. The van der Waals surface area contributed by atoms with Crippen LogP contribution in [0.2, 0.25) is 0 Å². The molecule has 0 atom stereocenters. The quantitative estimate of drug-likeness (QED) is 0.737. The van der Waals surface area contributed by atoms with E-state index in [9.17, 15) is 9.59 Å². The highest BCUT2D eigenvalue weighted by Crippen LogP contribution is 2.15. The zero-order valence-electron chi connectivity index (χ0n) is 7.11. The molecule has 0 fully saturated rings. The van der Waals surface area contributed by atoms with Crippen LogP contribution >= 0.6 is 0 Å². The maximum absolute atomic E-state index is 10.9. The average molecular weight is 193 g/mol. The normalized spacial score (nSPS) is 10.6. The molecular weight excluding hydrogens is 186 g/mol. The van der Waals surface area contributed by atoms with Crippen LogP contribution in [-0.2, 0) is 11.2 Å². The molecule has 0 amide bonds. The lowest BCUT2D eigenvalue weighted by Crippen LogP contribution is -2.01. The Hall–Kier alpha value is -2.04. The number of H-pyrrole nitrogens is 1. The van der Waals surface area contributed by atoms with Crippen LogP contribution in [0, 0.1) is 0 Å². The van der Waals surface area contributed by atoms with Crippen LogP contribution in [0.25, 0.3) is 11.1 Å². The number of fused-ring (bicyclic) bond motifs is 1. The van der Waals surface area contributed by atoms with Gasteiger partial charge in [-0.25, -0.2) is 4.79 Å². The topological polar surface area (TPSA) is 83.3 Å². The third-order valence-electron chi connectivity index (χ3n) is 1.88. The summed E-state index contributed by atoms with van der Waals surface area (Å²) in [5.41, 5.74) is 1.38. The van der Waals surface area contributed by atoms with Gasteiger partial charge in [0.2, 0.25) is 0 Å². The van der Waals surface area contributed by atoms with Gasteiger partial charge in [-0.2, -0.15) is 0 Å². The van der Waals surface area contributed by atoms with E-state index in [4.69, 9.17) is 9.52 Å². The van der Waals surface area contributed by atoms with Gasteiger partial charge in [0.1, 0.15) is 0 Å². The van der Waals surface area contributed by atoms with Crippen LogP contribution in [0.5, 0.6) is 0 Å². The third-order valence-corrected chi connectivity index (χ3v) is 1.88. The number of hydrogen-bond acceptors (Lipinski definition) is 3. The molecule has 5 nitrogen and oxygen atoms in total. The van der Waals surface area contributed by atoms with E-state index >= 15 is 0 Å². The Kier molecular flexibility index (Phi) is 1.85. The fourth-order valence-corrected chi connectivity index (χ4v) is 1.34. The first-order chi connectivity index (χ1) is 6.66. The van der Waals surface area contributed by atoms with E-state index in [1.165, 1.54) is 0 Å². The number of oxazole rings is 1. The Labute approximate surface area is 78.0 Å². The fraction of sp³-hybridized carbons (Fsp3) is 0.111. The van der Waals surface area contributed by atoms with Crippen molar-refractivity contribution in [2.45, 2.75) is 6.42 Å². The van der Waals surface area contributed by atoms with E-state index in [0.717, 1.165) is 0 Å².